The molecule has 4 amide bonds. The molecule has 0 fully saturated rings. The maximum atomic E-state index is 13.3. The molecule has 43 heavy (non-hydrogen) atoms. The average molecular weight is 658 g/mol. The van der Waals surface area contributed by atoms with E-state index in [-0.39, 0.29) is 17.5 Å². The Morgan fingerprint density at radius 3 is 1.98 bits per heavy atom. The second-order valence-corrected chi connectivity index (χ2v) is 11.7. The summed E-state index contributed by atoms with van der Waals surface area (Å²) in [5, 5.41) is 10.7. The number of carbonyl (C=O) groups is 4. The lowest BCUT2D eigenvalue weighted by atomic mass is 10.1. The molecule has 0 radical (unpaired) electrons. The van der Waals surface area contributed by atoms with E-state index in [0.29, 0.717) is 22.6 Å². The van der Waals surface area contributed by atoms with Crippen molar-refractivity contribution in [2.75, 3.05) is 16.0 Å². The molecule has 4 rings (SSSR count). The lowest BCUT2D eigenvalue weighted by Crippen LogP contribution is -2.30. The standard InChI is InChI=1S/C33H29BrN4O4S/c1-21(31(40)36-27-13-11-26(12-14-27)35-22(2)39)43-29-17-15-28(16-18-29)37-33(42)30(20-23-7-6-10-25(34)19-23)38-32(41)24-8-4-3-5-9-24/h3-21H,1-2H3,(H,35,39)(H,36,40)(H,37,42)(H,38,41)/b30-20-. The minimum absolute atomic E-state index is 0.0841. The van der Waals surface area contributed by atoms with Gasteiger partial charge in [0.1, 0.15) is 5.70 Å². The summed E-state index contributed by atoms with van der Waals surface area (Å²) >= 11 is 4.80. The zero-order chi connectivity index (χ0) is 30.8. The first-order chi connectivity index (χ1) is 20.7. The fourth-order valence-corrected chi connectivity index (χ4v) is 5.15. The van der Waals surface area contributed by atoms with Crippen molar-refractivity contribution in [3.05, 3.63) is 124 Å². The van der Waals surface area contributed by atoms with Gasteiger partial charge in [0.15, 0.2) is 0 Å². The maximum absolute atomic E-state index is 13.3. The van der Waals surface area contributed by atoms with E-state index >= 15 is 0 Å². The van der Waals surface area contributed by atoms with E-state index in [2.05, 4.69) is 37.2 Å². The number of nitrogens with one attached hydrogen (secondary N) is 4. The number of halogens is 1. The molecule has 0 aliphatic rings. The Morgan fingerprint density at radius 1 is 0.744 bits per heavy atom. The molecule has 0 aromatic heterocycles. The average Bonchev–Trinajstić information content (AvgIpc) is 2.99. The molecule has 10 heteroatoms. The van der Waals surface area contributed by atoms with Gasteiger partial charge in [-0.2, -0.15) is 0 Å². The van der Waals surface area contributed by atoms with Crippen molar-refractivity contribution >= 4 is 74.5 Å². The molecule has 0 aliphatic carbocycles. The summed E-state index contributed by atoms with van der Waals surface area (Å²) in [6.45, 7) is 3.23. The zero-order valence-electron chi connectivity index (χ0n) is 23.4. The highest BCUT2D eigenvalue weighted by Crippen LogP contribution is 2.26. The van der Waals surface area contributed by atoms with E-state index in [4.69, 9.17) is 0 Å². The fraction of sp³-hybridized carbons (Fsp3) is 0.0909. The van der Waals surface area contributed by atoms with Crippen molar-refractivity contribution in [3.63, 3.8) is 0 Å². The Balaban J connectivity index is 1.39. The third-order valence-electron chi connectivity index (χ3n) is 5.96. The summed E-state index contributed by atoms with van der Waals surface area (Å²) in [4.78, 5) is 50.9. The van der Waals surface area contributed by atoms with Crippen molar-refractivity contribution < 1.29 is 19.2 Å². The number of amides is 4. The van der Waals surface area contributed by atoms with Crippen LogP contribution in [-0.4, -0.2) is 28.9 Å². The molecule has 1 atom stereocenters. The zero-order valence-corrected chi connectivity index (χ0v) is 25.8. The first kappa shape index (κ1) is 31.3. The number of rotatable bonds is 10. The summed E-state index contributed by atoms with van der Waals surface area (Å²) < 4.78 is 0.839. The number of benzene rings is 4. The summed E-state index contributed by atoms with van der Waals surface area (Å²) in [7, 11) is 0. The Labute approximate surface area is 262 Å². The number of hydrogen-bond acceptors (Lipinski definition) is 5. The van der Waals surface area contributed by atoms with Gasteiger partial charge in [0, 0.05) is 38.9 Å². The third-order valence-corrected chi connectivity index (χ3v) is 7.56. The lowest BCUT2D eigenvalue weighted by molar-refractivity contribution is -0.115. The van der Waals surface area contributed by atoms with Gasteiger partial charge in [0.2, 0.25) is 11.8 Å². The minimum Gasteiger partial charge on any atom is -0.326 e. The molecule has 218 valence electrons. The van der Waals surface area contributed by atoms with Crippen molar-refractivity contribution in [1.29, 1.82) is 0 Å². The Morgan fingerprint density at radius 2 is 1.35 bits per heavy atom. The highest BCUT2D eigenvalue weighted by atomic mass is 79.9. The smallest absolute Gasteiger partial charge is 0.272 e. The quantitative estimate of drug-likeness (QED) is 0.109. The number of anilines is 3. The molecule has 0 bridgehead atoms. The van der Waals surface area contributed by atoms with E-state index in [1.807, 2.05) is 42.5 Å². The topological polar surface area (TPSA) is 116 Å². The predicted molar refractivity (Wildman–Crippen MR) is 176 cm³/mol. The Kier molecular flexibility index (Phi) is 10.9. The van der Waals surface area contributed by atoms with Gasteiger partial charge in [-0.15, -0.1) is 11.8 Å². The molecule has 1 unspecified atom stereocenters. The predicted octanol–water partition coefficient (Wildman–Crippen LogP) is 6.94. The van der Waals surface area contributed by atoms with Crippen LogP contribution in [-0.2, 0) is 14.4 Å². The van der Waals surface area contributed by atoms with Crippen LogP contribution in [0.1, 0.15) is 29.8 Å². The van der Waals surface area contributed by atoms with E-state index in [1.54, 1.807) is 73.7 Å². The van der Waals surface area contributed by atoms with E-state index in [0.717, 1.165) is 14.9 Å². The molecule has 4 aromatic carbocycles. The summed E-state index contributed by atoms with van der Waals surface area (Å²) in [5.74, 6) is -1.23. The van der Waals surface area contributed by atoms with Crippen LogP contribution in [0.4, 0.5) is 17.1 Å². The van der Waals surface area contributed by atoms with Crippen LogP contribution in [0.25, 0.3) is 6.08 Å². The van der Waals surface area contributed by atoms with Crippen molar-refractivity contribution in [2.45, 2.75) is 24.0 Å². The molecular weight excluding hydrogens is 628 g/mol. The molecule has 4 aromatic rings. The van der Waals surface area contributed by atoms with Crippen molar-refractivity contribution in [1.82, 2.24) is 5.32 Å². The summed E-state index contributed by atoms with van der Waals surface area (Å²) in [6, 6.07) is 30.0. The second kappa shape index (κ2) is 15.0. The van der Waals surface area contributed by atoms with Gasteiger partial charge in [0.05, 0.1) is 5.25 Å². The van der Waals surface area contributed by atoms with Crippen LogP contribution in [0, 0.1) is 0 Å². The van der Waals surface area contributed by atoms with Gasteiger partial charge in [-0.25, -0.2) is 0 Å². The minimum atomic E-state index is -0.484. The molecule has 8 nitrogen and oxygen atoms in total. The fourth-order valence-electron chi connectivity index (χ4n) is 3.86. The van der Waals surface area contributed by atoms with Gasteiger partial charge >= 0.3 is 0 Å². The highest BCUT2D eigenvalue weighted by molar-refractivity contribution is 9.10. The normalized spacial score (nSPS) is 11.7. The van der Waals surface area contributed by atoms with Gasteiger partial charge < -0.3 is 21.3 Å². The van der Waals surface area contributed by atoms with Crippen LogP contribution >= 0.6 is 27.7 Å². The summed E-state index contributed by atoms with van der Waals surface area (Å²) in [6.07, 6.45) is 1.61. The third kappa shape index (κ3) is 9.69. The maximum Gasteiger partial charge on any atom is 0.272 e. The van der Waals surface area contributed by atoms with Crippen LogP contribution in [0.5, 0.6) is 0 Å². The van der Waals surface area contributed by atoms with Crippen molar-refractivity contribution in [3.8, 4) is 0 Å². The molecule has 0 spiro atoms. The second-order valence-electron chi connectivity index (χ2n) is 9.42. The molecule has 4 N–H and O–H groups in total. The van der Waals surface area contributed by atoms with Gasteiger partial charge in [-0.1, -0.05) is 46.3 Å². The van der Waals surface area contributed by atoms with E-state index in [9.17, 15) is 19.2 Å². The number of hydrogen-bond donors (Lipinski definition) is 4. The van der Waals surface area contributed by atoms with E-state index < -0.39 is 17.1 Å². The monoisotopic (exact) mass is 656 g/mol. The lowest BCUT2D eigenvalue weighted by Gasteiger charge is -2.14. The Bertz CT molecular complexity index is 1640. The largest absolute Gasteiger partial charge is 0.326 e. The van der Waals surface area contributed by atoms with Gasteiger partial charge in [-0.05, 0) is 91.4 Å². The number of carbonyl (C=O) groups excluding carboxylic acids is 4. The number of thioether (sulfide) groups is 1. The first-order valence-electron chi connectivity index (χ1n) is 13.3. The van der Waals surface area contributed by atoms with Crippen LogP contribution < -0.4 is 21.3 Å². The van der Waals surface area contributed by atoms with Gasteiger partial charge in [-0.3, -0.25) is 19.2 Å². The summed E-state index contributed by atoms with van der Waals surface area (Å²) in [5.41, 5.74) is 3.04. The highest BCUT2D eigenvalue weighted by Gasteiger charge is 2.17. The molecule has 0 aliphatic heterocycles. The molecular formula is C33H29BrN4O4S. The molecule has 0 heterocycles. The molecule has 0 saturated heterocycles. The van der Waals surface area contributed by atoms with Crippen LogP contribution in [0.15, 0.2) is 118 Å². The van der Waals surface area contributed by atoms with E-state index in [1.165, 1.54) is 18.7 Å². The van der Waals surface area contributed by atoms with Gasteiger partial charge in [0.25, 0.3) is 11.8 Å². The Hall–Kier alpha value is -4.67. The van der Waals surface area contributed by atoms with Crippen LogP contribution in [0.2, 0.25) is 0 Å². The van der Waals surface area contributed by atoms with Crippen LogP contribution in [0.3, 0.4) is 0 Å². The first-order valence-corrected chi connectivity index (χ1v) is 14.9. The van der Waals surface area contributed by atoms with Crippen molar-refractivity contribution in [2.24, 2.45) is 0 Å². The molecule has 0 saturated carbocycles. The SMILES string of the molecule is CC(=O)Nc1ccc(NC(=O)C(C)Sc2ccc(NC(=O)/C(=C/c3cccc(Br)c3)NC(=O)c3ccccc3)cc2)cc1.